The van der Waals surface area contributed by atoms with Crippen molar-refractivity contribution in [1.82, 2.24) is 5.32 Å². The fraction of sp³-hybridized carbons (Fsp3) is 0.357. The Bertz CT molecular complexity index is 506. The SMILES string of the molecule is CC(C)C(NC(=O)C(N)c1cccs1)c1cccs1. The van der Waals surface area contributed by atoms with Gasteiger partial charge in [0.2, 0.25) is 5.91 Å². The molecule has 2 aromatic rings. The molecule has 0 aliphatic carbocycles. The molecule has 2 heterocycles. The van der Waals surface area contributed by atoms with Crippen LogP contribution in [0, 0.1) is 5.92 Å². The summed E-state index contributed by atoms with van der Waals surface area (Å²) in [5, 5.41) is 7.02. The van der Waals surface area contributed by atoms with E-state index in [0.29, 0.717) is 5.92 Å². The highest BCUT2D eigenvalue weighted by Crippen LogP contribution is 2.27. The minimum atomic E-state index is -0.582. The molecule has 19 heavy (non-hydrogen) atoms. The van der Waals surface area contributed by atoms with Crippen molar-refractivity contribution in [3.63, 3.8) is 0 Å². The summed E-state index contributed by atoms with van der Waals surface area (Å²) >= 11 is 3.17. The normalized spacial score (nSPS) is 14.3. The lowest BCUT2D eigenvalue weighted by molar-refractivity contribution is -0.123. The van der Waals surface area contributed by atoms with E-state index in [1.54, 1.807) is 11.3 Å². The van der Waals surface area contributed by atoms with Crippen LogP contribution in [0.4, 0.5) is 0 Å². The smallest absolute Gasteiger partial charge is 0.242 e. The molecule has 3 N–H and O–H groups in total. The van der Waals surface area contributed by atoms with Crippen LogP contribution in [0.2, 0.25) is 0 Å². The van der Waals surface area contributed by atoms with Crippen molar-refractivity contribution in [3.8, 4) is 0 Å². The first-order valence-electron chi connectivity index (χ1n) is 6.22. The van der Waals surface area contributed by atoms with E-state index in [-0.39, 0.29) is 11.9 Å². The summed E-state index contributed by atoms with van der Waals surface area (Å²) in [5.41, 5.74) is 5.99. The van der Waals surface area contributed by atoms with Crippen molar-refractivity contribution >= 4 is 28.6 Å². The standard InChI is InChI=1S/C14H18N2OS2/c1-9(2)13(11-6-4-8-19-11)16-14(17)12(15)10-5-3-7-18-10/h3-9,12-13H,15H2,1-2H3,(H,16,17). The highest BCUT2D eigenvalue weighted by Gasteiger charge is 2.23. The number of hydrogen-bond donors (Lipinski definition) is 2. The molecule has 2 aromatic heterocycles. The third kappa shape index (κ3) is 3.43. The average Bonchev–Trinajstić information content (AvgIpc) is 3.06. The molecule has 2 rings (SSSR count). The Balaban J connectivity index is 2.08. The molecule has 0 aliphatic heterocycles. The van der Waals surface area contributed by atoms with Gasteiger partial charge < -0.3 is 11.1 Å². The van der Waals surface area contributed by atoms with Crippen molar-refractivity contribution in [2.75, 3.05) is 0 Å². The molecular weight excluding hydrogens is 276 g/mol. The van der Waals surface area contributed by atoms with Gasteiger partial charge in [-0.1, -0.05) is 26.0 Å². The molecule has 0 aromatic carbocycles. The van der Waals surface area contributed by atoms with E-state index in [9.17, 15) is 4.79 Å². The van der Waals surface area contributed by atoms with E-state index in [0.717, 1.165) is 4.88 Å². The molecule has 0 spiro atoms. The first-order chi connectivity index (χ1) is 9.09. The summed E-state index contributed by atoms with van der Waals surface area (Å²) < 4.78 is 0. The number of nitrogens with one attached hydrogen (secondary N) is 1. The van der Waals surface area contributed by atoms with E-state index in [1.807, 2.05) is 35.0 Å². The summed E-state index contributed by atoms with van der Waals surface area (Å²) in [6, 6.07) is 7.30. The van der Waals surface area contributed by atoms with Crippen LogP contribution in [-0.2, 0) is 4.79 Å². The van der Waals surface area contributed by atoms with Crippen LogP contribution in [0.3, 0.4) is 0 Å². The summed E-state index contributed by atoms with van der Waals surface area (Å²) in [4.78, 5) is 14.3. The van der Waals surface area contributed by atoms with E-state index in [1.165, 1.54) is 16.2 Å². The van der Waals surface area contributed by atoms with E-state index >= 15 is 0 Å². The van der Waals surface area contributed by atoms with Gasteiger partial charge in [0, 0.05) is 9.75 Å². The molecule has 0 fully saturated rings. The number of amides is 1. The Kier molecular flexibility index (Phi) is 4.74. The second-order valence-electron chi connectivity index (χ2n) is 4.74. The number of carbonyl (C=O) groups is 1. The molecule has 2 unspecified atom stereocenters. The molecule has 0 saturated carbocycles. The van der Waals surface area contributed by atoms with Crippen LogP contribution in [0.5, 0.6) is 0 Å². The molecule has 0 aliphatic rings. The Morgan fingerprint density at radius 2 is 1.74 bits per heavy atom. The van der Waals surface area contributed by atoms with Gasteiger partial charge in [-0.2, -0.15) is 0 Å². The summed E-state index contributed by atoms with van der Waals surface area (Å²) in [7, 11) is 0. The van der Waals surface area contributed by atoms with Gasteiger partial charge >= 0.3 is 0 Å². The fourth-order valence-corrected chi connectivity index (χ4v) is 3.55. The highest BCUT2D eigenvalue weighted by atomic mass is 32.1. The van der Waals surface area contributed by atoms with Crippen molar-refractivity contribution in [2.24, 2.45) is 11.7 Å². The predicted molar refractivity (Wildman–Crippen MR) is 81.3 cm³/mol. The Hall–Kier alpha value is -1.17. The van der Waals surface area contributed by atoms with Crippen molar-refractivity contribution < 1.29 is 4.79 Å². The summed E-state index contributed by atoms with van der Waals surface area (Å²) in [6.45, 7) is 4.20. The maximum atomic E-state index is 12.2. The zero-order valence-corrected chi connectivity index (χ0v) is 12.6. The third-order valence-electron chi connectivity index (χ3n) is 2.95. The number of nitrogens with two attached hydrogens (primary N) is 1. The van der Waals surface area contributed by atoms with Crippen LogP contribution in [0.25, 0.3) is 0 Å². The zero-order chi connectivity index (χ0) is 13.8. The number of rotatable bonds is 5. The van der Waals surface area contributed by atoms with Gasteiger partial charge in [0.05, 0.1) is 6.04 Å². The van der Waals surface area contributed by atoms with E-state index < -0.39 is 6.04 Å². The Morgan fingerprint density at radius 3 is 2.21 bits per heavy atom. The molecule has 2 atom stereocenters. The largest absolute Gasteiger partial charge is 0.347 e. The van der Waals surface area contributed by atoms with Crippen molar-refractivity contribution in [3.05, 3.63) is 44.8 Å². The lowest BCUT2D eigenvalue weighted by Crippen LogP contribution is -2.37. The van der Waals surface area contributed by atoms with E-state index in [2.05, 4.69) is 19.2 Å². The fourth-order valence-electron chi connectivity index (χ4n) is 1.88. The zero-order valence-electron chi connectivity index (χ0n) is 11.0. The van der Waals surface area contributed by atoms with Gasteiger partial charge in [-0.15, -0.1) is 22.7 Å². The first kappa shape index (κ1) is 14.2. The summed E-state index contributed by atoms with van der Waals surface area (Å²) in [5.74, 6) is 0.215. The second kappa shape index (κ2) is 6.32. The minimum absolute atomic E-state index is 0.0264. The van der Waals surface area contributed by atoms with Gasteiger partial charge in [-0.3, -0.25) is 4.79 Å². The Morgan fingerprint density at radius 1 is 1.16 bits per heavy atom. The van der Waals surface area contributed by atoms with Crippen LogP contribution in [-0.4, -0.2) is 5.91 Å². The van der Waals surface area contributed by atoms with E-state index in [4.69, 9.17) is 5.73 Å². The maximum absolute atomic E-state index is 12.2. The monoisotopic (exact) mass is 294 g/mol. The molecule has 102 valence electrons. The van der Waals surface area contributed by atoms with Crippen LogP contribution in [0.1, 0.15) is 35.7 Å². The average molecular weight is 294 g/mol. The van der Waals surface area contributed by atoms with Gasteiger partial charge in [0.15, 0.2) is 0 Å². The molecule has 0 saturated heterocycles. The van der Waals surface area contributed by atoms with Gasteiger partial charge in [-0.05, 0) is 28.8 Å². The first-order valence-corrected chi connectivity index (χ1v) is 7.98. The molecule has 1 amide bonds. The molecule has 0 bridgehead atoms. The number of thiophene rings is 2. The van der Waals surface area contributed by atoms with Gasteiger partial charge in [0.25, 0.3) is 0 Å². The summed E-state index contributed by atoms with van der Waals surface area (Å²) in [6.07, 6.45) is 0. The Labute approximate surface area is 121 Å². The predicted octanol–water partition coefficient (Wildman–Crippen LogP) is 3.32. The molecule has 0 radical (unpaired) electrons. The van der Waals surface area contributed by atoms with Crippen LogP contribution >= 0.6 is 22.7 Å². The number of hydrogen-bond acceptors (Lipinski definition) is 4. The van der Waals surface area contributed by atoms with Crippen molar-refractivity contribution in [1.29, 1.82) is 0 Å². The maximum Gasteiger partial charge on any atom is 0.242 e. The molecule has 5 heteroatoms. The van der Waals surface area contributed by atoms with Gasteiger partial charge in [-0.25, -0.2) is 0 Å². The second-order valence-corrected chi connectivity index (χ2v) is 6.70. The molecule has 3 nitrogen and oxygen atoms in total. The lowest BCUT2D eigenvalue weighted by Gasteiger charge is -2.23. The molecular formula is C14H18N2OS2. The topological polar surface area (TPSA) is 55.1 Å². The minimum Gasteiger partial charge on any atom is -0.347 e. The lowest BCUT2D eigenvalue weighted by atomic mass is 10.0. The highest BCUT2D eigenvalue weighted by molar-refractivity contribution is 7.10. The van der Waals surface area contributed by atoms with Gasteiger partial charge in [0.1, 0.15) is 6.04 Å². The van der Waals surface area contributed by atoms with Crippen molar-refractivity contribution in [2.45, 2.75) is 25.9 Å². The van der Waals surface area contributed by atoms with Crippen LogP contribution < -0.4 is 11.1 Å². The third-order valence-corrected chi connectivity index (χ3v) is 4.86. The quantitative estimate of drug-likeness (QED) is 0.888. The van der Waals surface area contributed by atoms with Crippen LogP contribution in [0.15, 0.2) is 35.0 Å². The number of carbonyl (C=O) groups excluding carboxylic acids is 1.